The molecule has 86 valence electrons. The minimum Gasteiger partial charge on any atom is -0.329 e. The fourth-order valence-corrected chi connectivity index (χ4v) is 1.62. The van der Waals surface area contributed by atoms with Gasteiger partial charge in [0.1, 0.15) is 5.82 Å². The van der Waals surface area contributed by atoms with Gasteiger partial charge in [0.15, 0.2) is 0 Å². The molecular weight excluding hydrogens is 235 g/mol. The van der Waals surface area contributed by atoms with Crippen LogP contribution in [-0.2, 0) is 4.79 Å². The van der Waals surface area contributed by atoms with Gasteiger partial charge >= 0.3 is 0 Å². The molecule has 2 rings (SSSR count). The van der Waals surface area contributed by atoms with Crippen molar-refractivity contribution < 1.29 is 14.0 Å². The molecule has 0 aromatic heterocycles. The Kier molecular flexibility index (Phi) is 3.62. The van der Waals surface area contributed by atoms with E-state index in [1.165, 1.54) is 17.0 Å². The van der Waals surface area contributed by atoms with Gasteiger partial charge in [-0.3, -0.25) is 9.59 Å². The van der Waals surface area contributed by atoms with Gasteiger partial charge in [0.05, 0.1) is 11.3 Å². The summed E-state index contributed by atoms with van der Waals surface area (Å²) in [7, 11) is 0. The molecule has 0 fully saturated rings. The molecule has 4 nitrogen and oxygen atoms in total. The van der Waals surface area contributed by atoms with Crippen LogP contribution in [0.25, 0.3) is 0 Å². The zero-order valence-electron chi connectivity index (χ0n) is 8.27. The lowest BCUT2D eigenvalue weighted by molar-refractivity contribution is -0.114. The summed E-state index contributed by atoms with van der Waals surface area (Å²) in [6, 6.07) is 3.71. The summed E-state index contributed by atoms with van der Waals surface area (Å²) in [5.74, 6) is -1.83. The van der Waals surface area contributed by atoms with E-state index in [0.29, 0.717) is 5.69 Å². The van der Waals surface area contributed by atoms with E-state index in [2.05, 4.69) is 0 Å². The van der Waals surface area contributed by atoms with Crippen LogP contribution in [0.2, 0.25) is 0 Å². The summed E-state index contributed by atoms with van der Waals surface area (Å²) < 4.78 is 12.9. The number of benzene rings is 1. The summed E-state index contributed by atoms with van der Waals surface area (Å²) in [4.78, 5) is 24.2. The van der Waals surface area contributed by atoms with Gasteiger partial charge in [0.25, 0.3) is 11.7 Å². The maximum Gasteiger partial charge on any atom is 0.299 e. The van der Waals surface area contributed by atoms with E-state index in [0.717, 1.165) is 6.07 Å². The molecule has 0 radical (unpaired) electrons. The lowest BCUT2D eigenvalue weighted by atomic mass is 10.1. The lowest BCUT2D eigenvalue weighted by Crippen LogP contribution is -2.34. The summed E-state index contributed by atoms with van der Waals surface area (Å²) in [5, 5.41) is 0. The van der Waals surface area contributed by atoms with E-state index in [1.54, 1.807) is 0 Å². The average Bonchev–Trinajstić information content (AvgIpc) is 2.44. The SMILES string of the molecule is Cl.NCCN1C(=O)C(=O)c2cc(F)ccc21. The zero-order chi connectivity index (χ0) is 11.0. The highest BCUT2D eigenvalue weighted by atomic mass is 35.5. The number of Topliss-reactive ketones (excluding diaryl/α,β-unsaturated/α-hetero) is 1. The Morgan fingerprint density at radius 1 is 1.31 bits per heavy atom. The van der Waals surface area contributed by atoms with Gasteiger partial charge in [-0.15, -0.1) is 12.4 Å². The maximum absolute atomic E-state index is 12.9. The fourth-order valence-electron chi connectivity index (χ4n) is 1.62. The molecule has 1 aliphatic heterocycles. The van der Waals surface area contributed by atoms with E-state index in [4.69, 9.17) is 5.73 Å². The first-order valence-corrected chi connectivity index (χ1v) is 4.51. The molecule has 1 amide bonds. The molecule has 1 heterocycles. The highest BCUT2D eigenvalue weighted by Crippen LogP contribution is 2.28. The van der Waals surface area contributed by atoms with Crippen molar-refractivity contribution in [3.05, 3.63) is 29.6 Å². The Labute approximate surface area is 97.6 Å². The number of carbonyl (C=O) groups excluding carboxylic acids is 2. The number of hydrogen-bond donors (Lipinski definition) is 1. The highest BCUT2D eigenvalue weighted by Gasteiger charge is 2.35. The van der Waals surface area contributed by atoms with Crippen molar-refractivity contribution in [3.63, 3.8) is 0 Å². The van der Waals surface area contributed by atoms with Gasteiger partial charge in [-0.25, -0.2) is 4.39 Å². The summed E-state index contributed by atoms with van der Waals surface area (Å²) in [5.41, 5.74) is 5.88. The van der Waals surface area contributed by atoms with Crippen LogP contribution in [0.3, 0.4) is 0 Å². The molecule has 0 aliphatic carbocycles. The number of carbonyl (C=O) groups is 2. The Morgan fingerprint density at radius 2 is 2.00 bits per heavy atom. The largest absolute Gasteiger partial charge is 0.329 e. The molecule has 0 unspecified atom stereocenters. The summed E-state index contributed by atoms with van der Waals surface area (Å²) in [6.07, 6.45) is 0. The van der Waals surface area contributed by atoms with Gasteiger partial charge in [-0.2, -0.15) is 0 Å². The number of nitrogens with zero attached hydrogens (tertiary/aromatic N) is 1. The molecule has 0 saturated carbocycles. The van der Waals surface area contributed by atoms with Crippen LogP contribution >= 0.6 is 12.4 Å². The number of hydrogen-bond acceptors (Lipinski definition) is 3. The predicted octanol–water partition coefficient (Wildman–Crippen LogP) is 0.736. The molecular formula is C10H10ClFN2O2. The minimum atomic E-state index is -0.669. The minimum absolute atomic E-state index is 0. The molecule has 1 aromatic carbocycles. The molecule has 0 saturated heterocycles. The predicted molar refractivity (Wildman–Crippen MR) is 59.4 cm³/mol. The third-order valence-corrected chi connectivity index (χ3v) is 2.29. The Hall–Kier alpha value is -1.46. The number of nitrogens with two attached hydrogens (primary N) is 1. The number of amides is 1. The van der Waals surface area contributed by atoms with Crippen LogP contribution in [-0.4, -0.2) is 24.8 Å². The number of rotatable bonds is 2. The van der Waals surface area contributed by atoms with Crippen LogP contribution in [0.1, 0.15) is 10.4 Å². The highest BCUT2D eigenvalue weighted by molar-refractivity contribution is 6.52. The second kappa shape index (κ2) is 4.59. The van der Waals surface area contributed by atoms with Gasteiger partial charge in [-0.05, 0) is 18.2 Å². The van der Waals surface area contributed by atoms with Crippen LogP contribution < -0.4 is 10.6 Å². The van der Waals surface area contributed by atoms with Crippen molar-refractivity contribution >= 4 is 29.8 Å². The maximum atomic E-state index is 12.9. The Morgan fingerprint density at radius 3 is 2.62 bits per heavy atom. The molecule has 0 atom stereocenters. The second-order valence-electron chi connectivity index (χ2n) is 3.24. The number of anilines is 1. The second-order valence-corrected chi connectivity index (χ2v) is 3.24. The topological polar surface area (TPSA) is 63.4 Å². The van der Waals surface area contributed by atoms with Crippen LogP contribution in [0.15, 0.2) is 18.2 Å². The smallest absolute Gasteiger partial charge is 0.299 e. The van der Waals surface area contributed by atoms with Gasteiger partial charge in [-0.1, -0.05) is 0 Å². The van der Waals surface area contributed by atoms with Gasteiger partial charge < -0.3 is 10.6 Å². The van der Waals surface area contributed by atoms with E-state index >= 15 is 0 Å². The number of ketones is 1. The zero-order valence-corrected chi connectivity index (χ0v) is 9.09. The average molecular weight is 245 g/mol. The van der Waals surface area contributed by atoms with Crippen LogP contribution in [0, 0.1) is 5.82 Å². The fraction of sp³-hybridized carbons (Fsp3) is 0.200. The van der Waals surface area contributed by atoms with Crippen molar-refractivity contribution in [3.8, 4) is 0 Å². The molecule has 2 N–H and O–H groups in total. The van der Waals surface area contributed by atoms with Crippen LogP contribution in [0.4, 0.5) is 10.1 Å². The number of halogens is 2. The van der Waals surface area contributed by atoms with Crippen molar-refractivity contribution in [1.82, 2.24) is 0 Å². The first-order valence-electron chi connectivity index (χ1n) is 4.51. The van der Waals surface area contributed by atoms with E-state index in [-0.39, 0.29) is 31.1 Å². The molecule has 1 aromatic rings. The van der Waals surface area contributed by atoms with Crippen LogP contribution in [0.5, 0.6) is 0 Å². The van der Waals surface area contributed by atoms with Gasteiger partial charge in [0, 0.05) is 13.1 Å². The van der Waals surface area contributed by atoms with Crippen molar-refractivity contribution in [1.29, 1.82) is 0 Å². The Balaban J connectivity index is 0.00000128. The normalized spacial score (nSPS) is 13.8. The third-order valence-electron chi connectivity index (χ3n) is 2.29. The first kappa shape index (κ1) is 12.6. The monoisotopic (exact) mass is 244 g/mol. The quantitative estimate of drug-likeness (QED) is 0.781. The molecule has 0 bridgehead atoms. The summed E-state index contributed by atoms with van der Waals surface area (Å²) >= 11 is 0. The van der Waals surface area contributed by atoms with Crippen molar-refractivity contribution in [2.24, 2.45) is 5.73 Å². The molecule has 6 heteroatoms. The van der Waals surface area contributed by atoms with Crippen molar-refractivity contribution in [2.75, 3.05) is 18.0 Å². The standard InChI is InChI=1S/C10H9FN2O2.ClH/c11-6-1-2-8-7(5-6)9(14)10(15)13(8)4-3-12;/h1-2,5H,3-4,12H2;1H. The number of fused-ring (bicyclic) bond motifs is 1. The first-order chi connectivity index (χ1) is 7.15. The Bertz CT molecular complexity index is 450. The van der Waals surface area contributed by atoms with E-state index < -0.39 is 17.5 Å². The van der Waals surface area contributed by atoms with Gasteiger partial charge in [0.2, 0.25) is 0 Å². The molecule has 0 spiro atoms. The molecule has 1 aliphatic rings. The van der Waals surface area contributed by atoms with E-state index in [1.807, 2.05) is 0 Å². The summed E-state index contributed by atoms with van der Waals surface area (Å²) in [6.45, 7) is 0.527. The lowest BCUT2D eigenvalue weighted by Gasteiger charge is -2.14. The van der Waals surface area contributed by atoms with E-state index in [9.17, 15) is 14.0 Å². The molecule has 16 heavy (non-hydrogen) atoms. The third kappa shape index (κ3) is 1.79. The van der Waals surface area contributed by atoms with Crippen molar-refractivity contribution in [2.45, 2.75) is 0 Å².